The van der Waals surface area contributed by atoms with Crippen molar-refractivity contribution in [1.29, 1.82) is 5.26 Å². The molecule has 138 valence electrons. The lowest BCUT2D eigenvalue weighted by molar-refractivity contribution is -0.393. The monoisotopic (exact) mass is 368 g/mol. The van der Waals surface area contributed by atoms with Crippen LogP contribution in [0, 0.1) is 31.6 Å². The molecule has 0 saturated heterocycles. The average molecular weight is 368 g/mol. The van der Waals surface area contributed by atoms with Crippen LogP contribution in [-0.2, 0) is 6.42 Å². The van der Waals surface area contributed by atoms with Gasteiger partial charge in [-0.3, -0.25) is 20.2 Å². The van der Waals surface area contributed by atoms with Crippen LogP contribution in [0.2, 0.25) is 0 Å². The first-order chi connectivity index (χ1) is 13.0. The molecule has 10 nitrogen and oxygen atoms in total. The van der Waals surface area contributed by atoms with Gasteiger partial charge in [0.1, 0.15) is 0 Å². The van der Waals surface area contributed by atoms with E-state index in [1.807, 2.05) is 12.1 Å². The number of benzene rings is 2. The Hall–Kier alpha value is -3.71. The molecular weight excluding hydrogens is 352 g/mol. The van der Waals surface area contributed by atoms with E-state index < -0.39 is 15.5 Å². The van der Waals surface area contributed by atoms with Gasteiger partial charge in [0.05, 0.1) is 27.7 Å². The van der Waals surface area contributed by atoms with E-state index >= 15 is 0 Å². The van der Waals surface area contributed by atoms with Crippen LogP contribution in [0.5, 0.6) is 0 Å². The van der Waals surface area contributed by atoms with E-state index in [2.05, 4.69) is 21.6 Å². The first-order valence-corrected chi connectivity index (χ1v) is 8.02. The molecule has 2 aromatic carbocycles. The van der Waals surface area contributed by atoms with Crippen LogP contribution in [0.1, 0.15) is 12.0 Å². The van der Waals surface area contributed by atoms with Crippen molar-refractivity contribution in [2.24, 2.45) is 10.2 Å². The molecule has 0 heterocycles. The second kappa shape index (κ2) is 9.69. The summed E-state index contributed by atoms with van der Waals surface area (Å²) < 4.78 is 0. The Balaban J connectivity index is 2.04. The molecule has 0 saturated carbocycles. The molecule has 2 rings (SSSR count). The lowest BCUT2D eigenvalue weighted by atomic mass is 10.1. The maximum absolute atomic E-state index is 11.1. The van der Waals surface area contributed by atoms with Gasteiger partial charge in [0, 0.05) is 19.0 Å². The van der Waals surface area contributed by atoms with E-state index in [0.29, 0.717) is 18.7 Å². The maximum Gasteiger partial charge on any atom is 0.303 e. The molecule has 0 bridgehead atoms. The molecule has 0 atom stereocenters. The van der Waals surface area contributed by atoms with Gasteiger partial charge in [0.15, 0.2) is 5.69 Å². The highest BCUT2D eigenvalue weighted by molar-refractivity contribution is 5.61. The number of azo groups is 1. The number of nitro benzene ring substituents is 2. The predicted molar refractivity (Wildman–Crippen MR) is 97.2 cm³/mol. The zero-order chi connectivity index (χ0) is 19.6. The number of nitrogens with zero attached hydrogens (tertiary/aromatic N) is 5. The van der Waals surface area contributed by atoms with Crippen LogP contribution in [-0.4, -0.2) is 22.9 Å². The van der Waals surface area contributed by atoms with E-state index in [4.69, 9.17) is 5.26 Å². The fraction of sp³-hybridized carbons (Fsp3) is 0.235. The Morgan fingerprint density at radius 1 is 1.00 bits per heavy atom. The second-order valence-electron chi connectivity index (χ2n) is 5.46. The third kappa shape index (κ3) is 5.94. The van der Waals surface area contributed by atoms with Crippen molar-refractivity contribution in [2.75, 3.05) is 13.1 Å². The van der Waals surface area contributed by atoms with Crippen LogP contribution in [0.3, 0.4) is 0 Å². The molecular formula is C17H16N6O4. The highest BCUT2D eigenvalue weighted by atomic mass is 16.6. The van der Waals surface area contributed by atoms with Gasteiger partial charge in [-0.1, -0.05) is 12.1 Å². The molecule has 0 aliphatic heterocycles. The van der Waals surface area contributed by atoms with Crippen LogP contribution in [0.25, 0.3) is 0 Å². The third-order valence-corrected chi connectivity index (χ3v) is 3.58. The third-order valence-electron chi connectivity index (χ3n) is 3.58. The Morgan fingerprint density at radius 3 is 2.37 bits per heavy atom. The van der Waals surface area contributed by atoms with Gasteiger partial charge >= 0.3 is 5.69 Å². The van der Waals surface area contributed by atoms with Crippen LogP contribution in [0.4, 0.5) is 22.7 Å². The fourth-order valence-corrected chi connectivity index (χ4v) is 2.20. The van der Waals surface area contributed by atoms with Gasteiger partial charge in [-0.15, -0.1) is 5.11 Å². The molecule has 0 radical (unpaired) electrons. The number of hydrogen-bond acceptors (Lipinski definition) is 8. The second-order valence-corrected chi connectivity index (χ2v) is 5.46. The van der Waals surface area contributed by atoms with E-state index in [9.17, 15) is 20.2 Å². The van der Waals surface area contributed by atoms with Crippen molar-refractivity contribution in [1.82, 2.24) is 5.32 Å². The van der Waals surface area contributed by atoms with E-state index in [0.717, 1.165) is 30.7 Å². The van der Waals surface area contributed by atoms with E-state index in [1.165, 1.54) is 6.07 Å². The highest BCUT2D eigenvalue weighted by Crippen LogP contribution is 2.32. The number of non-ortho nitro benzene ring substituents is 1. The van der Waals surface area contributed by atoms with Crippen molar-refractivity contribution in [3.63, 3.8) is 0 Å². The molecule has 0 amide bonds. The first-order valence-electron chi connectivity index (χ1n) is 8.02. The summed E-state index contributed by atoms with van der Waals surface area (Å²) in [5.41, 5.74) is 0.654. The van der Waals surface area contributed by atoms with Crippen molar-refractivity contribution < 1.29 is 9.85 Å². The Bertz CT molecular complexity index is 889. The van der Waals surface area contributed by atoms with Gasteiger partial charge in [0.25, 0.3) is 5.69 Å². The molecule has 0 fully saturated rings. The minimum atomic E-state index is -0.732. The summed E-state index contributed by atoms with van der Waals surface area (Å²) in [7, 11) is 0. The zero-order valence-corrected chi connectivity index (χ0v) is 14.2. The molecule has 10 heteroatoms. The Kier molecular flexibility index (Phi) is 7.04. The summed E-state index contributed by atoms with van der Waals surface area (Å²) in [5.74, 6) is 0. The van der Waals surface area contributed by atoms with E-state index in [-0.39, 0.29) is 11.4 Å². The van der Waals surface area contributed by atoms with Gasteiger partial charge in [-0.2, -0.15) is 10.4 Å². The summed E-state index contributed by atoms with van der Waals surface area (Å²) in [4.78, 5) is 20.4. The SMILES string of the molecule is N#CCCNCCc1ccc(N=Nc2ccc([N+](=O)[O-])cc2[N+](=O)[O-])cc1. The lowest BCUT2D eigenvalue weighted by Crippen LogP contribution is -2.17. The van der Waals surface area contributed by atoms with E-state index in [1.54, 1.807) is 12.1 Å². The largest absolute Gasteiger partial charge is 0.315 e. The van der Waals surface area contributed by atoms with Gasteiger partial charge in [-0.05, 0) is 36.7 Å². The standard InChI is InChI=1S/C17H16N6O4/c18-9-1-10-19-11-8-13-2-4-14(5-3-13)20-21-16-7-6-15(22(24)25)12-17(16)23(26)27/h2-7,12,19H,1,8,10-11H2. The quantitative estimate of drug-likeness (QED) is 0.306. The Morgan fingerprint density at radius 2 is 1.74 bits per heavy atom. The minimum Gasteiger partial charge on any atom is -0.315 e. The number of rotatable bonds is 9. The number of nitrogens with one attached hydrogen (secondary N) is 1. The molecule has 27 heavy (non-hydrogen) atoms. The first kappa shape index (κ1) is 19.6. The highest BCUT2D eigenvalue weighted by Gasteiger charge is 2.19. The van der Waals surface area contributed by atoms with Crippen molar-refractivity contribution in [3.05, 3.63) is 68.3 Å². The van der Waals surface area contributed by atoms with Gasteiger partial charge in [0.2, 0.25) is 0 Å². The number of nitro groups is 2. The molecule has 0 aliphatic rings. The molecule has 0 unspecified atom stereocenters. The minimum absolute atomic E-state index is 0.0589. The van der Waals surface area contributed by atoms with Gasteiger partial charge in [-0.25, -0.2) is 0 Å². The van der Waals surface area contributed by atoms with Crippen LogP contribution < -0.4 is 5.32 Å². The number of nitriles is 1. The molecule has 0 aromatic heterocycles. The summed E-state index contributed by atoms with van der Waals surface area (Å²) in [6, 6.07) is 12.4. The maximum atomic E-state index is 11.1. The summed E-state index contributed by atoms with van der Waals surface area (Å²) >= 11 is 0. The smallest absolute Gasteiger partial charge is 0.303 e. The molecule has 0 spiro atoms. The van der Waals surface area contributed by atoms with Crippen molar-refractivity contribution >= 4 is 22.7 Å². The molecule has 0 aliphatic carbocycles. The topological polar surface area (TPSA) is 147 Å². The van der Waals surface area contributed by atoms with Crippen LogP contribution in [0.15, 0.2) is 52.7 Å². The lowest BCUT2D eigenvalue weighted by Gasteiger charge is -2.03. The molecule has 2 aromatic rings. The molecule has 1 N–H and O–H groups in total. The predicted octanol–water partition coefficient (Wildman–Crippen LogP) is 3.96. The fourth-order valence-electron chi connectivity index (χ4n) is 2.20. The Labute approximate surface area is 154 Å². The van der Waals surface area contributed by atoms with Crippen molar-refractivity contribution in [3.8, 4) is 6.07 Å². The summed E-state index contributed by atoms with van der Waals surface area (Å²) in [6.07, 6.45) is 1.25. The normalized spacial score (nSPS) is 10.6. The number of hydrogen-bond donors (Lipinski definition) is 1. The van der Waals surface area contributed by atoms with Gasteiger partial charge < -0.3 is 5.32 Å². The summed E-state index contributed by atoms with van der Waals surface area (Å²) in [5, 5.41) is 41.2. The zero-order valence-electron chi connectivity index (χ0n) is 14.2. The summed E-state index contributed by atoms with van der Waals surface area (Å²) in [6.45, 7) is 1.40. The van der Waals surface area contributed by atoms with Crippen LogP contribution >= 0.6 is 0 Å². The van der Waals surface area contributed by atoms with Crippen molar-refractivity contribution in [2.45, 2.75) is 12.8 Å². The average Bonchev–Trinajstić information content (AvgIpc) is 2.66.